The molecule has 0 aliphatic rings. The Morgan fingerprint density at radius 1 is 1.62 bits per heavy atom. The summed E-state index contributed by atoms with van der Waals surface area (Å²) < 4.78 is 0. The van der Waals surface area contributed by atoms with Crippen LogP contribution in [-0.2, 0) is 0 Å². The fourth-order valence-electron chi connectivity index (χ4n) is 0.424. The summed E-state index contributed by atoms with van der Waals surface area (Å²) in [6.45, 7) is 7.73. The van der Waals surface area contributed by atoms with E-state index >= 15 is 0 Å². The van der Waals surface area contributed by atoms with Crippen LogP contribution in [0.25, 0.3) is 0 Å². The second kappa shape index (κ2) is 4.63. The van der Waals surface area contributed by atoms with Crippen molar-refractivity contribution in [3.05, 3.63) is 24.3 Å². The second-order valence-corrected chi connectivity index (χ2v) is 2.00. The molecule has 0 atom stereocenters. The molecule has 0 spiro atoms. The van der Waals surface area contributed by atoms with Crippen LogP contribution in [0.2, 0.25) is 0 Å². The summed E-state index contributed by atoms with van der Waals surface area (Å²) in [4.78, 5) is 0. The second-order valence-electron chi connectivity index (χ2n) is 2.00. The molecule has 0 fully saturated rings. The summed E-state index contributed by atoms with van der Waals surface area (Å²) in [7, 11) is 0. The van der Waals surface area contributed by atoms with Crippen molar-refractivity contribution in [3.8, 4) is 0 Å². The van der Waals surface area contributed by atoms with E-state index in [1.54, 1.807) is 0 Å². The predicted molar refractivity (Wildman–Crippen MR) is 37.5 cm³/mol. The lowest BCUT2D eigenvalue weighted by Gasteiger charge is -1.85. The standard InChI is InChI=1S/C8H13/c1-4-5-6-7-8(2)3/h4H,1,5-6H2,2-3H3. The third kappa shape index (κ3) is 5.48. The van der Waals surface area contributed by atoms with Crippen molar-refractivity contribution < 1.29 is 0 Å². The molecule has 0 aromatic heterocycles. The third-order valence-electron chi connectivity index (χ3n) is 0.827. The van der Waals surface area contributed by atoms with Gasteiger partial charge in [-0.15, -0.1) is 6.58 Å². The van der Waals surface area contributed by atoms with E-state index < -0.39 is 0 Å². The van der Waals surface area contributed by atoms with E-state index in [0.717, 1.165) is 12.8 Å². The summed E-state index contributed by atoms with van der Waals surface area (Å²) in [6.07, 6.45) is 7.17. The summed E-state index contributed by atoms with van der Waals surface area (Å²) in [6, 6.07) is 0. The Bertz CT molecular complexity index is 84.2. The largest absolute Gasteiger partial charge is 0.103 e. The van der Waals surface area contributed by atoms with Crippen LogP contribution in [-0.4, -0.2) is 0 Å². The van der Waals surface area contributed by atoms with Crippen LogP contribution in [0.4, 0.5) is 0 Å². The minimum atomic E-state index is 1.02. The molecule has 0 aromatic rings. The van der Waals surface area contributed by atoms with E-state index in [-0.39, 0.29) is 0 Å². The van der Waals surface area contributed by atoms with Gasteiger partial charge in [0.25, 0.3) is 0 Å². The molecule has 0 heterocycles. The van der Waals surface area contributed by atoms with Crippen molar-refractivity contribution in [3.63, 3.8) is 0 Å². The quantitative estimate of drug-likeness (QED) is 0.386. The molecule has 0 rings (SSSR count). The zero-order valence-electron chi connectivity index (χ0n) is 5.70. The fraction of sp³-hybridized carbons (Fsp3) is 0.500. The molecule has 0 heteroatoms. The van der Waals surface area contributed by atoms with E-state index in [2.05, 4.69) is 26.5 Å². The van der Waals surface area contributed by atoms with E-state index in [9.17, 15) is 0 Å². The van der Waals surface area contributed by atoms with Crippen LogP contribution in [0.15, 0.2) is 18.2 Å². The minimum Gasteiger partial charge on any atom is -0.103 e. The highest BCUT2D eigenvalue weighted by molar-refractivity contribution is 4.87. The first kappa shape index (κ1) is 7.48. The number of hydrogen-bond acceptors (Lipinski definition) is 0. The molecule has 0 aliphatic carbocycles. The Balaban J connectivity index is 3.15. The van der Waals surface area contributed by atoms with Crippen molar-refractivity contribution in [1.29, 1.82) is 0 Å². The summed E-state index contributed by atoms with van der Waals surface area (Å²) in [5.41, 5.74) is 1.27. The molecule has 0 aliphatic heterocycles. The van der Waals surface area contributed by atoms with Crippen LogP contribution in [0.1, 0.15) is 26.7 Å². The van der Waals surface area contributed by atoms with Gasteiger partial charge in [-0.2, -0.15) is 0 Å². The Morgan fingerprint density at radius 3 is 2.62 bits per heavy atom. The van der Waals surface area contributed by atoms with E-state index in [1.165, 1.54) is 5.57 Å². The maximum absolute atomic E-state index is 3.61. The predicted octanol–water partition coefficient (Wildman–Crippen LogP) is 2.72. The maximum Gasteiger partial charge on any atom is -0.0242 e. The zero-order chi connectivity index (χ0) is 6.41. The lowest BCUT2D eigenvalue weighted by Crippen LogP contribution is -1.67. The first-order valence-corrected chi connectivity index (χ1v) is 2.92. The van der Waals surface area contributed by atoms with Crippen molar-refractivity contribution in [2.75, 3.05) is 0 Å². The fourth-order valence-corrected chi connectivity index (χ4v) is 0.424. The van der Waals surface area contributed by atoms with Crippen molar-refractivity contribution in [2.45, 2.75) is 26.7 Å². The van der Waals surface area contributed by atoms with E-state index in [4.69, 9.17) is 0 Å². The Labute approximate surface area is 51.9 Å². The topological polar surface area (TPSA) is 0 Å². The molecule has 0 unspecified atom stereocenters. The summed E-state index contributed by atoms with van der Waals surface area (Å²) in [5, 5.41) is 0. The normalized spacial score (nSPS) is 8.25. The molecule has 0 saturated carbocycles. The first-order chi connectivity index (χ1) is 3.77. The summed E-state index contributed by atoms with van der Waals surface area (Å²) in [5.74, 6) is 0. The number of hydrogen-bond donors (Lipinski definition) is 0. The van der Waals surface area contributed by atoms with Crippen molar-refractivity contribution in [2.24, 2.45) is 0 Å². The van der Waals surface area contributed by atoms with Crippen molar-refractivity contribution in [1.82, 2.24) is 0 Å². The molecule has 0 aromatic carbocycles. The first-order valence-electron chi connectivity index (χ1n) is 2.92. The molecule has 1 radical (unpaired) electrons. The van der Waals surface area contributed by atoms with Crippen molar-refractivity contribution >= 4 is 0 Å². The highest BCUT2D eigenvalue weighted by Gasteiger charge is 1.76. The molecule has 0 amide bonds. The van der Waals surface area contributed by atoms with Gasteiger partial charge in [-0.25, -0.2) is 0 Å². The molecule has 0 bridgehead atoms. The monoisotopic (exact) mass is 109 g/mol. The molecule has 0 N–H and O–H groups in total. The number of unbranched alkanes of at least 4 members (excludes halogenated alkanes) is 1. The SMILES string of the molecule is C=CCC[C]=C(C)C. The molecular formula is C8H13. The van der Waals surface area contributed by atoms with E-state index in [1.807, 2.05) is 6.08 Å². The van der Waals surface area contributed by atoms with Crippen LogP contribution in [0, 0.1) is 6.08 Å². The van der Waals surface area contributed by atoms with Gasteiger partial charge in [-0.05, 0) is 32.8 Å². The molecule has 0 nitrogen and oxygen atoms in total. The summed E-state index contributed by atoms with van der Waals surface area (Å²) >= 11 is 0. The maximum atomic E-state index is 3.61. The van der Waals surface area contributed by atoms with Gasteiger partial charge in [0.15, 0.2) is 0 Å². The average Bonchev–Trinajstić information content (AvgIpc) is 1.66. The Kier molecular flexibility index (Phi) is 4.33. The Hall–Kier alpha value is -0.520. The van der Waals surface area contributed by atoms with Gasteiger partial charge in [-0.1, -0.05) is 11.6 Å². The van der Waals surface area contributed by atoms with Gasteiger partial charge < -0.3 is 0 Å². The number of rotatable bonds is 3. The third-order valence-corrected chi connectivity index (χ3v) is 0.827. The number of allylic oxidation sites excluding steroid dienone is 3. The van der Waals surface area contributed by atoms with Gasteiger partial charge in [0, 0.05) is 0 Å². The average molecular weight is 109 g/mol. The van der Waals surface area contributed by atoms with Crippen LogP contribution in [0.5, 0.6) is 0 Å². The van der Waals surface area contributed by atoms with Crippen LogP contribution < -0.4 is 0 Å². The lowest BCUT2D eigenvalue weighted by atomic mass is 10.2. The molecule has 0 saturated heterocycles. The van der Waals surface area contributed by atoms with Crippen LogP contribution >= 0.6 is 0 Å². The van der Waals surface area contributed by atoms with Gasteiger partial charge in [0.1, 0.15) is 0 Å². The highest BCUT2D eigenvalue weighted by Crippen LogP contribution is 1.94. The van der Waals surface area contributed by atoms with Gasteiger partial charge >= 0.3 is 0 Å². The molecule has 8 heavy (non-hydrogen) atoms. The van der Waals surface area contributed by atoms with Crippen LogP contribution in [0.3, 0.4) is 0 Å². The lowest BCUT2D eigenvalue weighted by molar-refractivity contribution is 1.01. The minimum absolute atomic E-state index is 1.02. The van der Waals surface area contributed by atoms with E-state index in [0.29, 0.717) is 0 Å². The smallest absolute Gasteiger partial charge is 0.0242 e. The van der Waals surface area contributed by atoms with Gasteiger partial charge in [-0.3, -0.25) is 0 Å². The molecular weight excluding hydrogens is 96.1 g/mol. The van der Waals surface area contributed by atoms with Gasteiger partial charge in [0.05, 0.1) is 0 Å². The highest BCUT2D eigenvalue weighted by atomic mass is 13.8. The zero-order valence-corrected chi connectivity index (χ0v) is 5.70. The van der Waals surface area contributed by atoms with Gasteiger partial charge in [0.2, 0.25) is 0 Å². The molecule has 45 valence electrons. The Morgan fingerprint density at radius 2 is 2.25 bits per heavy atom.